The number of halogens is 2. The lowest BCUT2D eigenvalue weighted by molar-refractivity contribution is -0.0959. The van der Waals surface area contributed by atoms with Gasteiger partial charge in [-0.1, -0.05) is 6.92 Å². The molecule has 1 amide bonds. The number of nitrogens with two attached hydrogens (primary N) is 1. The number of β-amino-alcohol motifs (C(OH)–C–C–N with tert-alkyl or cyclic N) is 1. The molecule has 1 fully saturated rings. The van der Waals surface area contributed by atoms with Crippen molar-refractivity contribution < 1.29 is 18.7 Å². The molecule has 1 aliphatic heterocycles. The van der Waals surface area contributed by atoms with Crippen molar-refractivity contribution in [2.75, 3.05) is 18.4 Å². The average Bonchev–Trinajstić information content (AvgIpc) is 2.81. The maximum atomic E-state index is 13.6. The SMILES string of the molecule is CCC(/C(C#N)=C\C(=C/N)c1cc(NC(=O)c2cc(C(C)(F)F)ccn2)cnc1C)N1CC(C)(O)C1. The highest BCUT2D eigenvalue weighted by molar-refractivity contribution is 6.03. The third-order valence-electron chi connectivity index (χ3n) is 6.05. The van der Waals surface area contributed by atoms with E-state index in [0.29, 0.717) is 47.6 Å². The van der Waals surface area contributed by atoms with E-state index in [1.807, 2.05) is 11.8 Å². The molecule has 10 heteroatoms. The molecule has 0 spiro atoms. The molecular weight excluding hydrogens is 466 g/mol. The van der Waals surface area contributed by atoms with Crippen LogP contribution in [0.15, 0.2) is 48.4 Å². The number of nitrogens with one attached hydrogen (secondary N) is 1. The lowest BCUT2D eigenvalue weighted by atomic mass is 9.90. The smallest absolute Gasteiger partial charge is 0.274 e. The van der Waals surface area contributed by atoms with Gasteiger partial charge in [0.25, 0.3) is 11.8 Å². The Balaban J connectivity index is 1.87. The van der Waals surface area contributed by atoms with Gasteiger partial charge in [-0.05, 0) is 44.5 Å². The van der Waals surface area contributed by atoms with Gasteiger partial charge in [0.1, 0.15) is 5.69 Å². The fourth-order valence-electron chi connectivity index (χ4n) is 4.23. The number of carbonyl (C=O) groups is 1. The van der Waals surface area contributed by atoms with Crippen LogP contribution >= 0.6 is 0 Å². The molecule has 1 unspecified atom stereocenters. The molecule has 0 aliphatic carbocycles. The molecule has 1 saturated heterocycles. The number of aromatic nitrogens is 2. The molecule has 0 saturated carbocycles. The second kappa shape index (κ2) is 10.5. The Morgan fingerprint density at radius 3 is 2.67 bits per heavy atom. The minimum Gasteiger partial charge on any atom is -0.404 e. The third-order valence-corrected chi connectivity index (χ3v) is 6.05. The molecule has 2 aromatic rings. The maximum Gasteiger partial charge on any atom is 0.274 e. The van der Waals surface area contributed by atoms with E-state index in [1.165, 1.54) is 12.4 Å². The molecule has 0 bridgehead atoms. The number of hydrogen-bond donors (Lipinski definition) is 3. The largest absolute Gasteiger partial charge is 0.404 e. The van der Waals surface area contributed by atoms with Crippen LogP contribution < -0.4 is 11.1 Å². The number of carbonyl (C=O) groups excluding carboxylic acids is 1. The molecule has 190 valence electrons. The summed E-state index contributed by atoms with van der Waals surface area (Å²) >= 11 is 0. The van der Waals surface area contributed by atoms with Crippen LogP contribution in [0.1, 0.15) is 54.5 Å². The Bertz CT molecular complexity index is 1240. The molecule has 4 N–H and O–H groups in total. The number of rotatable bonds is 8. The Labute approximate surface area is 209 Å². The van der Waals surface area contributed by atoms with Crippen molar-refractivity contribution in [1.29, 1.82) is 5.26 Å². The number of anilines is 1. The van der Waals surface area contributed by atoms with Crippen LogP contribution in [-0.4, -0.2) is 50.6 Å². The van der Waals surface area contributed by atoms with E-state index in [0.717, 1.165) is 25.3 Å². The Morgan fingerprint density at radius 1 is 1.42 bits per heavy atom. The van der Waals surface area contributed by atoms with Crippen molar-refractivity contribution in [2.45, 2.75) is 51.7 Å². The van der Waals surface area contributed by atoms with Gasteiger partial charge >= 0.3 is 0 Å². The first-order valence-electron chi connectivity index (χ1n) is 11.5. The number of likely N-dealkylation sites (tertiary alicyclic amines) is 1. The summed E-state index contributed by atoms with van der Waals surface area (Å²) < 4.78 is 27.3. The molecular formula is C26H30F2N6O2. The van der Waals surface area contributed by atoms with E-state index >= 15 is 0 Å². The van der Waals surface area contributed by atoms with Crippen molar-refractivity contribution in [1.82, 2.24) is 14.9 Å². The van der Waals surface area contributed by atoms with E-state index in [4.69, 9.17) is 5.73 Å². The van der Waals surface area contributed by atoms with E-state index in [1.54, 1.807) is 26.0 Å². The van der Waals surface area contributed by atoms with Gasteiger partial charge in [-0.3, -0.25) is 19.7 Å². The van der Waals surface area contributed by atoms with Crippen molar-refractivity contribution >= 4 is 17.2 Å². The first kappa shape index (κ1) is 26.9. The zero-order valence-corrected chi connectivity index (χ0v) is 20.7. The van der Waals surface area contributed by atoms with E-state index < -0.39 is 17.4 Å². The van der Waals surface area contributed by atoms with Crippen molar-refractivity contribution in [3.8, 4) is 6.07 Å². The monoisotopic (exact) mass is 496 g/mol. The van der Waals surface area contributed by atoms with Crippen molar-refractivity contribution in [3.05, 3.63) is 71.0 Å². The van der Waals surface area contributed by atoms with Gasteiger partial charge in [0.2, 0.25) is 0 Å². The number of pyridine rings is 2. The zero-order valence-electron chi connectivity index (χ0n) is 20.7. The zero-order chi connectivity index (χ0) is 26.7. The summed E-state index contributed by atoms with van der Waals surface area (Å²) in [5, 5.41) is 22.6. The van der Waals surface area contributed by atoms with Gasteiger partial charge < -0.3 is 16.2 Å². The molecule has 3 rings (SSSR count). The normalized spacial score (nSPS) is 17.2. The summed E-state index contributed by atoms with van der Waals surface area (Å²) in [6.07, 6.45) is 6.32. The number of amides is 1. The Morgan fingerprint density at radius 2 is 2.11 bits per heavy atom. The average molecular weight is 497 g/mol. The number of nitrogens with zero attached hydrogens (tertiary/aromatic N) is 4. The molecule has 3 heterocycles. The minimum atomic E-state index is -3.11. The van der Waals surface area contributed by atoms with Gasteiger partial charge in [-0.15, -0.1) is 0 Å². The van der Waals surface area contributed by atoms with Crippen molar-refractivity contribution in [3.63, 3.8) is 0 Å². The van der Waals surface area contributed by atoms with Gasteiger partial charge in [0.05, 0.1) is 23.6 Å². The quantitative estimate of drug-likeness (QED) is 0.375. The first-order valence-corrected chi connectivity index (χ1v) is 11.5. The first-order chi connectivity index (χ1) is 16.9. The summed E-state index contributed by atoms with van der Waals surface area (Å²) in [5.74, 6) is -3.77. The van der Waals surface area contributed by atoms with Crippen LogP contribution in [0.2, 0.25) is 0 Å². The number of nitriles is 1. The van der Waals surface area contributed by atoms with Crippen molar-refractivity contribution in [2.24, 2.45) is 5.73 Å². The molecule has 8 nitrogen and oxygen atoms in total. The summed E-state index contributed by atoms with van der Waals surface area (Å²) in [7, 11) is 0. The Hall–Kier alpha value is -3.68. The Kier molecular flexibility index (Phi) is 7.86. The van der Waals surface area contributed by atoms with Gasteiger partial charge in [-0.2, -0.15) is 5.26 Å². The maximum absolute atomic E-state index is 13.6. The van der Waals surface area contributed by atoms with Gasteiger partial charge in [-0.25, -0.2) is 8.78 Å². The molecule has 0 aromatic carbocycles. The van der Waals surface area contributed by atoms with E-state index in [-0.39, 0.29) is 17.3 Å². The highest BCUT2D eigenvalue weighted by atomic mass is 19.3. The third kappa shape index (κ3) is 6.11. The topological polar surface area (TPSA) is 128 Å². The molecule has 1 atom stereocenters. The van der Waals surface area contributed by atoms with Crippen LogP contribution in [0.3, 0.4) is 0 Å². The number of alkyl halides is 2. The minimum absolute atomic E-state index is 0.159. The summed E-state index contributed by atoms with van der Waals surface area (Å²) in [4.78, 5) is 22.9. The number of aliphatic hydroxyl groups is 1. The molecule has 0 radical (unpaired) electrons. The predicted molar refractivity (Wildman–Crippen MR) is 133 cm³/mol. The second-order valence-electron chi connectivity index (χ2n) is 9.29. The number of aryl methyl sites for hydroxylation is 1. The van der Waals surface area contributed by atoms with Crippen LogP contribution in [0.4, 0.5) is 14.5 Å². The predicted octanol–water partition coefficient (Wildman–Crippen LogP) is 3.74. The second-order valence-corrected chi connectivity index (χ2v) is 9.29. The summed E-state index contributed by atoms with van der Waals surface area (Å²) in [5.41, 5.74) is 7.21. The van der Waals surface area contributed by atoms with E-state index in [9.17, 15) is 23.9 Å². The lowest BCUT2D eigenvalue weighted by Gasteiger charge is -2.48. The standard InChI is InChI=1S/C26H30F2N6O2/c1-5-23(34-14-25(3,36)15-34)18(12-30)8-17(11-29)21-10-20(13-32-16(21)2)33-24(35)22-9-19(6-7-31-22)26(4,27)28/h6-11,13,23,36H,5,14-15,29H2,1-4H3,(H,33,35)/b17-11+,18-8-. The molecule has 36 heavy (non-hydrogen) atoms. The van der Waals surface area contributed by atoms with Crippen LogP contribution in [0, 0.1) is 18.3 Å². The van der Waals surface area contributed by atoms with Crippen LogP contribution in [0.5, 0.6) is 0 Å². The number of hydrogen-bond acceptors (Lipinski definition) is 7. The lowest BCUT2D eigenvalue weighted by Crippen LogP contribution is -2.63. The number of allylic oxidation sites excluding steroid dienone is 2. The summed E-state index contributed by atoms with van der Waals surface area (Å²) in [6, 6.07) is 5.92. The van der Waals surface area contributed by atoms with Gasteiger partial charge in [0, 0.05) is 66.4 Å². The van der Waals surface area contributed by atoms with E-state index in [2.05, 4.69) is 21.4 Å². The van der Waals surface area contributed by atoms with Crippen LogP contribution in [-0.2, 0) is 5.92 Å². The van der Waals surface area contributed by atoms with Crippen LogP contribution in [0.25, 0.3) is 5.57 Å². The highest BCUT2D eigenvalue weighted by Gasteiger charge is 2.40. The molecule has 1 aliphatic rings. The fraction of sp³-hybridized carbons (Fsp3) is 0.385. The molecule has 2 aromatic heterocycles. The fourth-order valence-corrected chi connectivity index (χ4v) is 4.23. The summed E-state index contributed by atoms with van der Waals surface area (Å²) in [6.45, 7) is 7.17. The van der Waals surface area contributed by atoms with Gasteiger partial charge in [0.15, 0.2) is 0 Å². The highest BCUT2D eigenvalue weighted by Crippen LogP contribution is 2.30.